The lowest BCUT2D eigenvalue weighted by Crippen LogP contribution is -2.03. The summed E-state index contributed by atoms with van der Waals surface area (Å²) in [5, 5.41) is 0. The third kappa shape index (κ3) is 4.59. The lowest BCUT2D eigenvalue weighted by molar-refractivity contribution is 0.299. The van der Waals surface area contributed by atoms with Crippen molar-refractivity contribution in [1.82, 2.24) is 4.57 Å². The van der Waals surface area contributed by atoms with Gasteiger partial charge in [0.2, 0.25) is 0 Å². The van der Waals surface area contributed by atoms with Gasteiger partial charge in [0.15, 0.2) is 0 Å². The van der Waals surface area contributed by atoms with Crippen molar-refractivity contribution in [2.75, 3.05) is 6.61 Å². The Hall–Kier alpha value is -3.79. The zero-order valence-electron chi connectivity index (χ0n) is 18.3. The van der Waals surface area contributed by atoms with Gasteiger partial charge in [-0.25, -0.2) is 4.39 Å². The van der Waals surface area contributed by atoms with Crippen molar-refractivity contribution in [3.8, 4) is 22.7 Å². The third-order valence-corrected chi connectivity index (χ3v) is 5.28. The first kappa shape index (κ1) is 21.4. The summed E-state index contributed by atoms with van der Waals surface area (Å²) in [5.74, 6) is 0.943. The lowest BCUT2D eigenvalue weighted by atomic mass is 10.1. The molecular weight excluding hydrogens is 401 g/mol. The molecule has 0 saturated heterocycles. The van der Waals surface area contributed by atoms with E-state index in [0.29, 0.717) is 30.3 Å². The SMILES string of the molecule is C=C(OCC)c1cccc(-n2c(C)ccc2-c2cc(F)ccc2OCc2ccccc2)c1. The van der Waals surface area contributed by atoms with Crippen LogP contribution >= 0.6 is 0 Å². The molecule has 0 spiro atoms. The molecule has 0 atom stereocenters. The first-order chi connectivity index (χ1) is 15.6. The summed E-state index contributed by atoms with van der Waals surface area (Å²) in [6.07, 6.45) is 0. The van der Waals surface area contributed by atoms with Crippen molar-refractivity contribution < 1.29 is 13.9 Å². The van der Waals surface area contributed by atoms with Crippen LogP contribution in [0.5, 0.6) is 5.75 Å². The molecule has 3 aromatic carbocycles. The zero-order chi connectivity index (χ0) is 22.5. The van der Waals surface area contributed by atoms with Crippen LogP contribution in [-0.4, -0.2) is 11.2 Å². The Morgan fingerprint density at radius 3 is 2.53 bits per heavy atom. The van der Waals surface area contributed by atoms with E-state index in [9.17, 15) is 4.39 Å². The molecule has 0 amide bonds. The quantitative estimate of drug-likeness (QED) is 0.278. The maximum Gasteiger partial charge on any atom is 0.129 e. The summed E-state index contributed by atoms with van der Waals surface area (Å²) in [4.78, 5) is 0. The van der Waals surface area contributed by atoms with Crippen LogP contribution < -0.4 is 4.74 Å². The Balaban J connectivity index is 1.74. The Morgan fingerprint density at radius 1 is 0.938 bits per heavy atom. The Kier molecular flexibility index (Phi) is 6.41. The van der Waals surface area contributed by atoms with Crippen LogP contribution in [0.3, 0.4) is 0 Å². The normalized spacial score (nSPS) is 10.7. The molecule has 4 heteroatoms. The minimum absolute atomic E-state index is 0.309. The van der Waals surface area contributed by atoms with E-state index >= 15 is 0 Å². The van der Waals surface area contributed by atoms with E-state index in [2.05, 4.69) is 11.1 Å². The average Bonchev–Trinajstić information content (AvgIpc) is 3.20. The highest BCUT2D eigenvalue weighted by atomic mass is 19.1. The molecule has 4 rings (SSSR count). The molecular formula is C28H26FNO2. The molecule has 0 bridgehead atoms. The maximum absolute atomic E-state index is 14.3. The Morgan fingerprint density at radius 2 is 1.75 bits per heavy atom. The second kappa shape index (κ2) is 9.56. The van der Waals surface area contributed by atoms with Crippen LogP contribution in [0.1, 0.15) is 23.7 Å². The van der Waals surface area contributed by atoms with Gasteiger partial charge in [-0.1, -0.05) is 49.0 Å². The number of halogens is 1. The largest absolute Gasteiger partial charge is 0.494 e. The van der Waals surface area contributed by atoms with Gasteiger partial charge in [0.05, 0.1) is 12.3 Å². The lowest BCUT2D eigenvalue weighted by Gasteiger charge is -2.17. The van der Waals surface area contributed by atoms with Crippen LogP contribution in [0, 0.1) is 12.7 Å². The van der Waals surface area contributed by atoms with Gasteiger partial charge >= 0.3 is 0 Å². The van der Waals surface area contributed by atoms with Crippen molar-refractivity contribution in [2.24, 2.45) is 0 Å². The maximum atomic E-state index is 14.3. The highest BCUT2D eigenvalue weighted by Crippen LogP contribution is 2.35. The van der Waals surface area contributed by atoms with Gasteiger partial charge in [0.1, 0.15) is 23.9 Å². The van der Waals surface area contributed by atoms with E-state index < -0.39 is 0 Å². The molecule has 0 saturated carbocycles. The number of hydrogen-bond donors (Lipinski definition) is 0. The Bertz CT molecular complexity index is 1230. The van der Waals surface area contributed by atoms with E-state index in [1.807, 2.05) is 80.6 Å². The van der Waals surface area contributed by atoms with Crippen molar-refractivity contribution in [1.29, 1.82) is 0 Å². The summed E-state index contributed by atoms with van der Waals surface area (Å²) in [6.45, 7) is 8.94. The highest BCUT2D eigenvalue weighted by Gasteiger charge is 2.16. The molecule has 0 fully saturated rings. The zero-order valence-corrected chi connectivity index (χ0v) is 18.3. The van der Waals surface area contributed by atoms with E-state index in [-0.39, 0.29) is 5.82 Å². The Labute approximate surface area is 188 Å². The van der Waals surface area contributed by atoms with Gasteiger partial charge < -0.3 is 14.0 Å². The monoisotopic (exact) mass is 427 g/mol. The van der Waals surface area contributed by atoms with E-state index in [4.69, 9.17) is 9.47 Å². The molecule has 3 nitrogen and oxygen atoms in total. The summed E-state index contributed by atoms with van der Waals surface area (Å²) >= 11 is 0. The fourth-order valence-corrected chi connectivity index (χ4v) is 3.73. The third-order valence-electron chi connectivity index (χ3n) is 5.28. The predicted octanol–water partition coefficient (Wildman–Crippen LogP) is 7.18. The van der Waals surface area contributed by atoms with Gasteiger partial charge in [-0.2, -0.15) is 0 Å². The molecule has 0 N–H and O–H groups in total. The summed E-state index contributed by atoms with van der Waals surface area (Å²) in [7, 11) is 0. The number of nitrogens with zero attached hydrogens (tertiary/aromatic N) is 1. The van der Waals surface area contributed by atoms with Crippen molar-refractivity contribution in [3.63, 3.8) is 0 Å². The van der Waals surface area contributed by atoms with Gasteiger partial charge in [-0.3, -0.25) is 0 Å². The van der Waals surface area contributed by atoms with Crippen molar-refractivity contribution in [2.45, 2.75) is 20.5 Å². The summed E-state index contributed by atoms with van der Waals surface area (Å²) < 4.78 is 28.1. The van der Waals surface area contributed by atoms with Crippen molar-refractivity contribution in [3.05, 3.63) is 114 Å². The van der Waals surface area contributed by atoms with E-state index in [1.54, 1.807) is 6.07 Å². The van der Waals surface area contributed by atoms with Crippen LogP contribution in [0.15, 0.2) is 91.5 Å². The second-order valence-corrected chi connectivity index (χ2v) is 7.52. The van der Waals surface area contributed by atoms with Crippen LogP contribution in [-0.2, 0) is 11.3 Å². The number of ether oxygens (including phenoxy) is 2. The van der Waals surface area contributed by atoms with Gasteiger partial charge in [0, 0.05) is 22.5 Å². The molecule has 0 radical (unpaired) electrons. The topological polar surface area (TPSA) is 23.4 Å². The molecule has 1 aromatic heterocycles. The minimum atomic E-state index is -0.309. The molecule has 162 valence electrons. The molecule has 1 heterocycles. The molecule has 0 aliphatic carbocycles. The van der Waals surface area contributed by atoms with Crippen LogP contribution in [0.4, 0.5) is 4.39 Å². The molecule has 0 aliphatic rings. The molecule has 32 heavy (non-hydrogen) atoms. The number of aromatic nitrogens is 1. The fraction of sp³-hybridized carbons (Fsp3) is 0.143. The van der Waals surface area contributed by atoms with Gasteiger partial charge in [-0.15, -0.1) is 0 Å². The van der Waals surface area contributed by atoms with Crippen LogP contribution in [0.2, 0.25) is 0 Å². The number of benzene rings is 3. The first-order valence-electron chi connectivity index (χ1n) is 10.6. The smallest absolute Gasteiger partial charge is 0.129 e. The van der Waals surface area contributed by atoms with E-state index in [1.165, 1.54) is 12.1 Å². The molecule has 0 unspecified atom stereocenters. The number of hydrogen-bond acceptors (Lipinski definition) is 2. The van der Waals surface area contributed by atoms with Gasteiger partial charge in [-0.05, 0) is 61.9 Å². The number of rotatable bonds is 8. The second-order valence-electron chi connectivity index (χ2n) is 7.52. The fourth-order valence-electron chi connectivity index (χ4n) is 3.73. The van der Waals surface area contributed by atoms with Gasteiger partial charge in [0.25, 0.3) is 0 Å². The van der Waals surface area contributed by atoms with Crippen molar-refractivity contribution >= 4 is 5.76 Å². The van der Waals surface area contributed by atoms with Crippen LogP contribution in [0.25, 0.3) is 22.7 Å². The first-order valence-corrected chi connectivity index (χ1v) is 10.6. The molecule has 4 aromatic rings. The highest BCUT2D eigenvalue weighted by molar-refractivity contribution is 5.71. The number of aryl methyl sites for hydroxylation is 1. The minimum Gasteiger partial charge on any atom is -0.494 e. The van der Waals surface area contributed by atoms with E-state index in [0.717, 1.165) is 28.2 Å². The predicted molar refractivity (Wildman–Crippen MR) is 127 cm³/mol. The average molecular weight is 428 g/mol. The summed E-state index contributed by atoms with van der Waals surface area (Å²) in [5.41, 5.74) is 5.48. The molecule has 0 aliphatic heterocycles. The summed E-state index contributed by atoms with van der Waals surface area (Å²) in [6, 6.07) is 26.6. The standard InChI is InChI=1S/C28H26FNO2/c1-4-31-21(3)23-11-8-12-25(17-23)30-20(2)13-15-27(30)26-18-24(29)14-16-28(26)32-19-22-9-6-5-7-10-22/h5-18H,3-4,19H2,1-2H3.